The summed E-state index contributed by atoms with van der Waals surface area (Å²) >= 11 is 1.26. The number of nitrogens with two attached hydrogens (primary N) is 1. The third-order valence-electron chi connectivity index (χ3n) is 2.63. The molecule has 0 spiro atoms. The lowest BCUT2D eigenvalue weighted by Crippen LogP contribution is -2.10. The molecule has 0 atom stereocenters. The summed E-state index contributed by atoms with van der Waals surface area (Å²) in [4.78, 5) is 19.4. The fourth-order valence-electron chi connectivity index (χ4n) is 1.71. The summed E-state index contributed by atoms with van der Waals surface area (Å²) in [5, 5.41) is 9.39. The van der Waals surface area contributed by atoms with E-state index in [0.717, 1.165) is 18.5 Å². The lowest BCUT2D eigenvalue weighted by Gasteiger charge is -2.06. The van der Waals surface area contributed by atoms with Gasteiger partial charge in [-0.3, -0.25) is 4.79 Å². The van der Waals surface area contributed by atoms with E-state index in [2.05, 4.69) is 16.0 Å². The van der Waals surface area contributed by atoms with Crippen LogP contribution in [0.15, 0.2) is 39.1 Å². The van der Waals surface area contributed by atoms with Crippen LogP contribution in [0.5, 0.6) is 0 Å². The SMILES string of the molecule is CCCc1cc(=O)[nH]c(Sc2cc(C#N)ccc2N)n1. The predicted molar refractivity (Wildman–Crippen MR) is 78.5 cm³/mol. The highest BCUT2D eigenvalue weighted by molar-refractivity contribution is 7.99. The Kier molecular flexibility index (Phi) is 4.43. The van der Waals surface area contributed by atoms with Gasteiger partial charge in [0.15, 0.2) is 5.16 Å². The Morgan fingerprint density at radius 1 is 1.45 bits per heavy atom. The second kappa shape index (κ2) is 6.26. The fraction of sp³-hybridized carbons (Fsp3) is 0.214. The van der Waals surface area contributed by atoms with Crippen LogP contribution in [0.4, 0.5) is 5.69 Å². The summed E-state index contributed by atoms with van der Waals surface area (Å²) in [6, 6.07) is 8.58. The molecule has 6 heteroatoms. The van der Waals surface area contributed by atoms with Crippen molar-refractivity contribution in [1.82, 2.24) is 9.97 Å². The molecule has 1 aromatic heterocycles. The molecule has 0 radical (unpaired) electrons. The van der Waals surface area contributed by atoms with E-state index in [0.29, 0.717) is 21.3 Å². The molecule has 1 heterocycles. The quantitative estimate of drug-likeness (QED) is 0.664. The van der Waals surface area contributed by atoms with Gasteiger partial charge in [-0.25, -0.2) is 4.98 Å². The molecule has 0 aliphatic carbocycles. The number of benzene rings is 1. The Morgan fingerprint density at radius 3 is 2.95 bits per heavy atom. The number of rotatable bonds is 4. The normalized spacial score (nSPS) is 10.2. The van der Waals surface area contributed by atoms with Gasteiger partial charge in [0.25, 0.3) is 5.56 Å². The van der Waals surface area contributed by atoms with Crippen molar-refractivity contribution in [1.29, 1.82) is 5.26 Å². The average molecular weight is 286 g/mol. The van der Waals surface area contributed by atoms with Gasteiger partial charge in [-0.15, -0.1) is 0 Å². The van der Waals surface area contributed by atoms with Gasteiger partial charge in [-0.2, -0.15) is 5.26 Å². The van der Waals surface area contributed by atoms with Crippen molar-refractivity contribution >= 4 is 17.4 Å². The Hall–Kier alpha value is -2.26. The topological polar surface area (TPSA) is 95.6 Å². The number of aromatic amines is 1. The van der Waals surface area contributed by atoms with Gasteiger partial charge in [-0.1, -0.05) is 13.3 Å². The van der Waals surface area contributed by atoms with Gasteiger partial charge in [0.1, 0.15) is 0 Å². The third-order valence-corrected chi connectivity index (χ3v) is 3.59. The number of anilines is 1. The van der Waals surface area contributed by atoms with Gasteiger partial charge >= 0.3 is 0 Å². The molecule has 20 heavy (non-hydrogen) atoms. The van der Waals surface area contributed by atoms with E-state index in [1.807, 2.05) is 6.92 Å². The molecule has 0 unspecified atom stereocenters. The molecular formula is C14H14N4OS. The number of aryl methyl sites for hydroxylation is 1. The van der Waals surface area contributed by atoms with E-state index in [-0.39, 0.29) is 5.56 Å². The number of nitrogen functional groups attached to an aromatic ring is 1. The van der Waals surface area contributed by atoms with Gasteiger partial charge < -0.3 is 10.7 Å². The molecule has 0 fully saturated rings. The summed E-state index contributed by atoms with van der Waals surface area (Å²) in [6.07, 6.45) is 1.68. The van der Waals surface area contributed by atoms with Gasteiger partial charge in [0.2, 0.25) is 0 Å². The molecule has 0 bridgehead atoms. The first kappa shape index (κ1) is 14.2. The van der Waals surface area contributed by atoms with Crippen LogP contribution in [0.3, 0.4) is 0 Å². The summed E-state index contributed by atoms with van der Waals surface area (Å²) < 4.78 is 0. The standard InChI is InChI=1S/C14H14N4OS/c1-2-3-10-7-13(19)18-14(17-10)20-12-6-9(8-15)4-5-11(12)16/h4-7H,2-3,16H2,1H3,(H,17,18,19). The second-order valence-corrected chi connectivity index (χ2v) is 5.29. The zero-order chi connectivity index (χ0) is 14.5. The van der Waals surface area contributed by atoms with E-state index in [1.54, 1.807) is 18.2 Å². The van der Waals surface area contributed by atoms with E-state index < -0.39 is 0 Å². The summed E-state index contributed by atoms with van der Waals surface area (Å²) in [6.45, 7) is 2.03. The number of nitriles is 1. The third kappa shape index (κ3) is 3.39. The molecule has 0 aliphatic heterocycles. The maximum atomic E-state index is 11.6. The van der Waals surface area contributed by atoms with E-state index in [1.165, 1.54) is 17.8 Å². The number of aromatic nitrogens is 2. The van der Waals surface area contributed by atoms with Crippen LogP contribution in [-0.4, -0.2) is 9.97 Å². The number of nitrogens with one attached hydrogen (secondary N) is 1. The molecule has 5 nitrogen and oxygen atoms in total. The highest BCUT2D eigenvalue weighted by atomic mass is 32.2. The number of hydrogen-bond acceptors (Lipinski definition) is 5. The second-order valence-electron chi connectivity index (χ2n) is 4.26. The van der Waals surface area contributed by atoms with Crippen LogP contribution in [0, 0.1) is 11.3 Å². The lowest BCUT2D eigenvalue weighted by atomic mass is 10.2. The minimum atomic E-state index is -0.180. The summed E-state index contributed by atoms with van der Waals surface area (Å²) in [5.74, 6) is 0. The van der Waals surface area contributed by atoms with Gasteiger partial charge in [0.05, 0.1) is 11.6 Å². The smallest absolute Gasteiger partial charge is 0.251 e. The highest BCUT2D eigenvalue weighted by Crippen LogP contribution is 2.30. The Bertz CT molecular complexity index is 718. The molecule has 0 aliphatic rings. The Balaban J connectivity index is 2.35. The van der Waals surface area contributed by atoms with Crippen LogP contribution in [-0.2, 0) is 6.42 Å². The molecule has 102 valence electrons. The monoisotopic (exact) mass is 286 g/mol. The van der Waals surface area contributed by atoms with Crippen molar-refractivity contribution in [2.45, 2.75) is 29.8 Å². The number of H-pyrrole nitrogens is 1. The first-order valence-corrected chi connectivity index (χ1v) is 7.01. The van der Waals surface area contributed by atoms with Crippen molar-refractivity contribution < 1.29 is 0 Å². The van der Waals surface area contributed by atoms with E-state index in [4.69, 9.17) is 11.0 Å². The van der Waals surface area contributed by atoms with E-state index >= 15 is 0 Å². The number of hydrogen-bond donors (Lipinski definition) is 2. The number of nitrogens with zero attached hydrogens (tertiary/aromatic N) is 2. The predicted octanol–water partition coefficient (Wildman–Crippen LogP) is 2.33. The minimum absolute atomic E-state index is 0.180. The molecule has 1 aromatic carbocycles. The first-order valence-electron chi connectivity index (χ1n) is 6.20. The molecule has 0 amide bonds. The molecular weight excluding hydrogens is 272 g/mol. The van der Waals surface area contributed by atoms with Crippen molar-refractivity contribution in [3.63, 3.8) is 0 Å². The zero-order valence-electron chi connectivity index (χ0n) is 11.0. The maximum absolute atomic E-state index is 11.6. The minimum Gasteiger partial charge on any atom is -0.398 e. The van der Waals surface area contributed by atoms with Crippen molar-refractivity contribution in [3.8, 4) is 6.07 Å². The van der Waals surface area contributed by atoms with Crippen molar-refractivity contribution in [2.24, 2.45) is 0 Å². The molecule has 0 saturated carbocycles. The largest absolute Gasteiger partial charge is 0.398 e. The molecule has 0 saturated heterocycles. The summed E-state index contributed by atoms with van der Waals surface area (Å²) in [7, 11) is 0. The van der Waals surface area contributed by atoms with Crippen LogP contribution in [0.1, 0.15) is 24.6 Å². The Labute approximate surface area is 120 Å². The molecule has 2 rings (SSSR count). The maximum Gasteiger partial charge on any atom is 0.251 e. The van der Waals surface area contributed by atoms with Gasteiger partial charge in [-0.05, 0) is 36.4 Å². The average Bonchev–Trinajstić information content (AvgIpc) is 2.41. The van der Waals surface area contributed by atoms with Crippen molar-refractivity contribution in [3.05, 3.63) is 45.9 Å². The van der Waals surface area contributed by atoms with Crippen LogP contribution >= 0.6 is 11.8 Å². The zero-order valence-corrected chi connectivity index (χ0v) is 11.8. The lowest BCUT2D eigenvalue weighted by molar-refractivity contribution is 0.816. The highest BCUT2D eigenvalue weighted by Gasteiger charge is 2.07. The van der Waals surface area contributed by atoms with Crippen molar-refractivity contribution in [2.75, 3.05) is 5.73 Å². The van der Waals surface area contributed by atoms with Crippen LogP contribution in [0.25, 0.3) is 0 Å². The molecule has 2 aromatic rings. The fourth-order valence-corrected chi connectivity index (χ4v) is 2.61. The Morgan fingerprint density at radius 2 is 2.25 bits per heavy atom. The first-order chi connectivity index (χ1) is 9.62. The van der Waals surface area contributed by atoms with E-state index in [9.17, 15) is 4.79 Å². The summed E-state index contributed by atoms with van der Waals surface area (Å²) in [5.41, 5.74) is 7.53. The molecule has 3 N–H and O–H groups in total. The van der Waals surface area contributed by atoms with Gasteiger partial charge in [0, 0.05) is 22.3 Å². The van der Waals surface area contributed by atoms with Crippen LogP contribution in [0.2, 0.25) is 0 Å². The van der Waals surface area contributed by atoms with Crippen LogP contribution < -0.4 is 11.3 Å².